The molecule has 0 aliphatic rings. The number of amides is 1. The average molecular weight is 355 g/mol. The quantitative estimate of drug-likeness (QED) is 0.758. The number of nitrogens with one attached hydrogen (secondary N) is 3. The van der Waals surface area contributed by atoms with Crippen LogP contribution in [0.4, 0.5) is 19.0 Å². The van der Waals surface area contributed by atoms with Gasteiger partial charge >= 0.3 is 6.18 Å². The molecule has 2 heterocycles. The molecule has 2 rings (SSSR count). The Balaban J connectivity index is 2.13. The van der Waals surface area contributed by atoms with E-state index in [0.29, 0.717) is 5.56 Å². The van der Waals surface area contributed by atoms with Crippen LogP contribution in [0.5, 0.6) is 0 Å². The smallest absolute Gasteiger partial charge is 0.356 e. The maximum Gasteiger partial charge on any atom is 0.405 e. The lowest BCUT2D eigenvalue weighted by molar-refractivity contribution is -0.140. The molecule has 0 saturated heterocycles. The van der Waals surface area contributed by atoms with Crippen LogP contribution in [-0.2, 0) is 4.79 Å². The van der Waals surface area contributed by atoms with Crippen molar-refractivity contribution in [2.45, 2.75) is 25.6 Å². The van der Waals surface area contributed by atoms with E-state index in [-0.39, 0.29) is 17.2 Å². The van der Waals surface area contributed by atoms with Gasteiger partial charge < -0.3 is 15.6 Å². The summed E-state index contributed by atoms with van der Waals surface area (Å²) < 4.78 is 36.7. The van der Waals surface area contributed by atoms with Gasteiger partial charge in [-0.25, -0.2) is 9.97 Å². The molecule has 0 fully saturated rings. The fourth-order valence-electron chi connectivity index (χ4n) is 1.90. The van der Waals surface area contributed by atoms with Crippen molar-refractivity contribution in [3.05, 3.63) is 40.9 Å². The molecular formula is C15H16F3N5O2. The molecule has 0 aromatic carbocycles. The average Bonchev–Trinajstić information content (AvgIpc) is 2.52. The normalized spacial score (nSPS) is 11.9. The first kappa shape index (κ1) is 18.4. The van der Waals surface area contributed by atoms with Crippen LogP contribution in [-0.4, -0.2) is 39.1 Å². The summed E-state index contributed by atoms with van der Waals surface area (Å²) in [4.78, 5) is 33.8. The highest BCUT2D eigenvalue weighted by atomic mass is 19.4. The molecular weight excluding hydrogens is 339 g/mol. The molecule has 0 saturated carbocycles. The van der Waals surface area contributed by atoms with Crippen LogP contribution in [0.25, 0.3) is 11.4 Å². The van der Waals surface area contributed by atoms with Crippen molar-refractivity contribution in [1.29, 1.82) is 0 Å². The molecule has 0 bridgehead atoms. The van der Waals surface area contributed by atoms with Crippen molar-refractivity contribution >= 4 is 11.7 Å². The van der Waals surface area contributed by atoms with Gasteiger partial charge in [0, 0.05) is 24.0 Å². The third kappa shape index (κ3) is 5.30. The molecule has 0 atom stereocenters. The standard InChI is InChI=1S/C15H16F3N5O2/c1-14(2,13(25)21-8-15(16,17)18)23-10-5-6-19-12(22-10)9-3-4-11(24)20-7-9/h3-7H,8H2,1-2H3,(H,20,24)(H,21,25)(H,19,22,23). The zero-order chi connectivity index (χ0) is 18.7. The minimum atomic E-state index is -4.49. The van der Waals surface area contributed by atoms with Crippen LogP contribution in [0.15, 0.2) is 35.4 Å². The number of H-pyrrole nitrogens is 1. The Morgan fingerprint density at radius 1 is 1.24 bits per heavy atom. The van der Waals surface area contributed by atoms with E-state index in [2.05, 4.69) is 20.3 Å². The third-order valence-electron chi connectivity index (χ3n) is 3.16. The molecule has 1 amide bonds. The molecule has 0 radical (unpaired) electrons. The number of aromatic nitrogens is 3. The minimum absolute atomic E-state index is 0.253. The summed E-state index contributed by atoms with van der Waals surface area (Å²) in [7, 11) is 0. The van der Waals surface area contributed by atoms with E-state index in [1.807, 2.05) is 5.32 Å². The number of carbonyl (C=O) groups excluding carboxylic acids is 1. The Labute approximate surface area is 140 Å². The van der Waals surface area contributed by atoms with Gasteiger partial charge in [-0.05, 0) is 26.0 Å². The molecule has 0 unspecified atom stereocenters. The largest absolute Gasteiger partial charge is 0.405 e. The molecule has 0 aliphatic carbocycles. The first-order valence-electron chi connectivity index (χ1n) is 7.22. The molecule has 25 heavy (non-hydrogen) atoms. The highest BCUT2D eigenvalue weighted by Crippen LogP contribution is 2.18. The molecule has 0 spiro atoms. The molecule has 10 heteroatoms. The number of aromatic amines is 1. The van der Waals surface area contributed by atoms with Crippen LogP contribution >= 0.6 is 0 Å². The SMILES string of the molecule is CC(C)(Nc1ccnc(-c2ccc(=O)[nH]c2)n1)C(=O)NCC(F)(F)F. The van der Waals surface area contributed by atoms with Crippen molar-refractivity contribution in [2.24, 2.45) is 0 Å². The monoisotopic (exact) mass is 355 g/mol. The summed E-state index contributed by atoms with van der Waals surface area (Å²) in [5, 5.41) is 4.60. The van der Waals surface area contributed by atoms with E-state index >= 15 is 0 Å². The van der Waals surface area contributed by atoms with Crippen LogP contribution in [0.2, 0.25) is 0 Å². The molecule has 2 aromatic rings. The number of nitrogens with zero attached hydrogens (tertiary/aromatic N) is 2. The summed E-state index contributed by atoms with van der Waals surface area (Å²) in [6.07, 6.45) is -1.62. The lowest BCUT2D eigenvalue weighted by atomic mass is 10.0. The summed E-state index contributed by atoms with van der Waals surface area (Å²) in [5.74, 6) is -0.287. The molecule has 7 nitrogen and oxygen atoms in total. The van der Waals surface area contributed by atoms with Crippen LogP contribution < -0.4 is 16.2 Å². The Morgan fingerprint density at radius 3 is 2.56 bits per heavy atom. The minimum Gasteiger partial charge on any atom is -0.356 e. The number of carbonyl (C=O) groups is 1. The maximum atomic E-state index is 12.2. The van der Waals surface area contributed by atoms with Crippen molar-refractivity contribution in [1.82, 2.24) is 20.3 Å². The lowest BCUT2D eigenvalue weighted by Gasteiger charge is -2.26. The fourth-order valence-corrected chi connectivity index (χ4v) is 1.90. The fraction of sp³-hybridized carbons (Fsp3) is 0.333. The van der Waals surface area contributed by atoms with E-state index in [9.17, 15) is 22.8 Å². The summed E-state index contributed by atoms with van der Waals surface area (Å²) >= 11 is 0. The Hall–Kier alpha value is -2.91. The Kier molecular flexibility index (Phi) is 5.10. The van der Waals surface area contributed by atoms with Gasteiger partial charge in [0.2, 0.25) is 11.5 Å². The van der Waals surface area contributed by atoms with Crippen LogP contribution in [0.1, 0.15) is 13.8 Å². The number of alkyl halides is 3. The van der Waals surface area contributed by atoms with E-state index in [1.54, 1.807) is 0 Å². The van der Waals surface area contributed by atoms with Gasteiger partial charge in [-0.3, -0.25) is 9.59 Å². The first-order chi connectivity index (χ1) is 11.6. The van der Waals surface area contributed by atoms with Crippen molar-refractivity contribution in [3.8, 4) is 11.4 Å². The van der Waals surface area contributed by atoms with Gasteiger partial charge in [0.25, 0.3) is 0 Å². The molecule has 0 aliphatic heterocycles. The number of anilines is 1. The van der Waals surface area contributed by atoms with E-state index in [1.165, 1.54) is 44.4 Å². The maximum absolute atomic E-state index is 12.2. The lowest BCUT2D eigenvalue weighted by Crippen LogP contribution is -2.50. The zero-order valence-corrected chi connectivity index (χ0v) is 13.4. The second-order valence-electron chi connectivity index (χ2n) is 5.75. The van der Waals surface area contributed by atoms with Gasteiger partial charge in [-0.15, -0.1) is 0 Å². The molecule has 134 valence electrons. The zero-order valence-electron chi connectivity index (χ0n) is 13.4. The predicted octanol–water partition coefficient (Wildman–Crippen LogP) is 1.70. The van der Waals surface area contributed by atoms with E-state index < -0.39 is 24.2 Å². The van der Waals surface area contributed by atoms with Crippen LogP contribution in [0, 0.1) is 0 Å². The second kappa shape index (κ2) is 6.91. The number of halogens is 3. The van der Waals surface area contributed by atoms with Crippen molar-refractivity contribution < 1.29 is 18.0 Å². The second-order valence-corrected chi connectivity index (χ2v) is 5.75. The van der Waals surface area contributed by atoms with Crippen molar-refractivity contribution in [2.75, 3.05) is 11.9 Å². The Bertz CT molecular complexity index is 797. The van der Waals surface area contributed by atoms with E-state index in [4.69, 9.17) is 0 Å². The third-order valence-corrected chi connectivity index (χ3v) is 3.16. The van der Waals surface area contributed by atoms with E-state index in [0.717, 1.165) is 0 Å². The number of pyridine rings is 1. The summed E-state index contributed by atoms with van der Waals surface area (Å²) in [5.41, 5.74) is -1.06. The number of rotatable bonds is 5. The number of hydrogen-bond acceptors (Lipinski definition) is 5. The van der Waals surface area contributed by atoms with Crippen molar-refractivity contribution in [3.63, 3.8) is 0 Å². The summed E-state index contributed by atoms with van der Waals surface area (Å²) in [6, 6.07) is 4.32. The highest BCUT2D eigenvalue weighted by Gasteiger charge is 2.33. The summed E-state index contributed by atoms with van der Waals surface area (Å²) in [6.45, 7) is 1.45. The van der Waals surface area contributed by atoms with Gasteiger partial charge in [0.1, 0.15) is 17.9 Å². The first-order valence-corrected chi connectivity index (χ1v) is 7.22. The van der Waals surface area contributed by atoms with Gasteiger partial charge in [-0.2, -0.15) is 13.2 Å². The Morgan fingerprint density at radius 2 is 1.96 bits per heavy atom. The molecule has 3 N–H and O–H groups in total. The van der Waals surface area contributed by atoms with Gasteiger partial charge in [0.05, 0.1) is 0 Å². The highest BCUT2D eigenvalue weighted by molar-refractivity contribution is 5.88. The topological polar surface area (TPSA) is 99.8 Å². The molecule has 2 aromatic heterocycles. The van der Waals surface area contributed by atoms with Gasteiger partial charge in [0.15, 0.2) is 5.82 Å². The predicted molar refractivity (Wildman–Crippen MR) is 84.9 cm³/mol. The van der Waals surface area contributed by atoms with Crippen LogP contribution in [0.3, 0.4) is 0 Å². The number of hydrogen-bond donors (Lipinski definition) is 3. The van der Waals surface area contributed by atoms with Gasteiger partial charge in [-0.1, -0.05) is 0 Å².